The van der Waals surface area contributed by atoms with Crippen molar-refractivity contribution in [3.8, 4) is 6.07 Å². The van der Waals surface area contributed by atoms with E-state index in [1.54, 1.807) is 24.3 Å². The van der Waals surface area contributed by atoms with E-state index in [1.807, 2.05) is 6.07 Å². The van der Waals surface area contributed by atoms with Crippen molar-refractivity contribution in [2.45, 2.75) is 18.6 Å². The number of hydrogen-bond donors (Lipinski definition) is 1. The number of benzene rings is 2. The zero-order valence-corrected chi connectivity index (χ0v) is 11.9. The Morgan fingerprint density at radius 3 is 2.65 bits per heavy atom. The minimum atomic E-state index is -4.56. The summed E-state index contributed by atoms with van der Waals surface area (Å²) >= 11 is 0. The molecule has 2 aromatic carbocycles. The van der Waals surface area contributed by atoms with Gasteiger partial charge in [0, 0.05) is 13.0 Å². The number of rotatable bonds is 2. The summed E-state index contributed by atoms with van der Waals surface area (Å²) in [6, 6.07) is 9.22. The monoisotopic (exact) mass is 319 g/mol. The summed E-state index contributed by atoms with van der Waals surface area (Å²) in [6.07, 6.45) is -4.53. The number of carbonyl (C=O) groups excluding carboxylic acids is 1. The van der Waals surface area contributed by atoms with Gasteiger partial charge in [-0.05, 0) is 28.5 Å². The fourth-order valence-corrected chi connectivity index (χ4v) is 2.81. The molecule has 118 valence electrons. The van der Waals surface area contributed by atoms with Gasteiger partial charge in [-0.3, -0.25) is 10.2 Å². The Labute approximate surface area is 130 Å². The van der Waals surface area contributed by atoms with Crippen molar-refractivity contribution in [2.75, 3.05) is 6.54 Å². The zero-order chi connectivity index (χ0) is 16.6. The molecule has 23 heavy (non-hydrogen) atoms. The SMILES string of the molecule is N#Cc1ccc2cccc([C@H](N3CCC(=O)N3)C(F)(F)F)c2c1. The van der Waals surface area contributed by atoms with Crippen molar-refractivity contribution in [1.29, 1.82) is 5.26 Å². The number of hydrazine groups is 1. The number of nitriles is 1. The first-order chi connectivity index (χ1) is 10.9. The molecule has 7 heteroatoms. The van der Waals surface area contributed by atoms with Crippen LogP contribution in [0, 0.1) is 11.3 Å². The van der Waals surface area contributed by atoms with Crippen molar-refractivity contribution in [3.05, 3.63) is 47.5 Å². The number of hydrogen-bond acceptors (Lipinski definition) is 3. The van der Waals surface area contributed by atoms with E-state index in [0.29, 0.717) is 10.8 Å². The second kappa shape index (κ2) is 5.56. The molecule has 0 radical (unpaired) electrons. The van der Waals surface area contributed by atoms with Crippen LogP contribution in [0.2, 0.25) is 0 Å². The lowest BCUT2D eigenvalue weighted by Crippen LogP contribution is -2.43. The third-order valence-electron chi connectivity index (χ3n) is 3.81. The fourth-order valence-electron chi connectivity index (χ4n) is 2.81. The Kier molecular flexibility index (Phi) is 3.70. The Balaban J connectivity index is 2.18. The van der Waals surface area contributed by atoms with Gasteiger partial charge in [0.25, 0.3) is 0 Å². The summed E-state index contributed by atoms with van der Waals surface area (Å²) < 4.78 is 40.9. The van der Waals surface area contributed by atoms with Gasteiger partial charge in [0.05, 0.1) is 11.6 Å². The highest BCUT2D eigenvalue weighted by Crippen LogP contribution is 2.40. The third-order valence-corrected chi connectivity index (χ3v) is 3.81. The molecular weight excluding hydrogens is 307 g/mol. The van der Waals surface area contributed by atoms with Gasteiger partial charge < -0.3 is 0 Å². The number of nitrogens with one attached hydrogen (secondary N) is 1. The highest BCUT2D eigenvalue weighted by molar-refractivity contribution is 5.87. The maximum absolute atomic E-state index is 13.6. The molecule has 1 saturated heterocycles. The van der Waals surface area contributed by atoms with Crippen LogP contribution in [-0.4, -0.2) is 23.6 Å². The van der Waals surface area contributed by atoms with Gasteiger partial charge in [-0.1, -0.05) is 24.3 Å². The molecule has 1 amide bonds. The first-order valence-corrected chi connectivity index (χ1v) is 6.96. The topological polar surface area (TPSA) is 56.1 Å². The van der Waals surface area contributed by atoms with Gasteiger partial charge in [-0.25, -0.2) is 5.01 Å². The molecule has 2 aromatic rings. The quantitative estimate of drug-likeness (QED) is 0.925. The van der Waals surface area contributed by atoms with E-state index < -0.39 is 18.1 Å². The van der Waals surface area contributed by atoms with Crippen LogP contribution < -0.4 is 5.43 Å². The maximum atomic E-state index is 13.6. The van der Waals surface area contributed by atoms with Crippen molar-refractivity contribution >= 4 is 16.7 Å². The average molecular weight is 319 g/mol. The average Bonchev–Trinajstić information content (AvgIpc) is 2.92. The molecule has 0 bridgehead atoms. The van der Waals surface area contributed by atoms with Crippen LogP contribution in [0.25, 0.3) is 10.8 Å². The number of amides is 1. The van der Waals surface area contributed by atoms with E-state index >= 15 is 0 Å². The van der Waals surface area contributed by atoms with Crippen molar-refractivity contribution in [1.82, 2.24) is 10.4 Å². The molecule has 1 heterocycles. The van der Waals surface area contributed by atoms with Crippen molar-refractivity contribution < 1.29 is 18.0 Å². The number of nitrogens with zero attached hydrogens (tertiary/aromatic N) is 2. The zero-order valence-electron chi connectivity index (χ0n) is 11.9. The van der Waals surface area contributed by atoms with E-state index in [1.165, 1.54) is 12.1 Å². The van der Waals surface area contributed by atoms with Gasteiger partial charge in [-0.2, -0.15) is 18.4 Å². The largest absolute Gasteiger partial charge is 0.409 e. The van der Waals surface area contributed by atoms with E-state index in [4.69, 9.17) is 5.26 Å². The summed E-state index contributed by atoms with van der Waals surface area (Å²) in [5.41, 5.74) is 2.57. The predicted molar refractivity (Wildman–Crippen MR) is 76.9 cm³/mol. The highest BCUT2D eigenvalue weighted by Gasteiger charge is 2.47. The molecule has 1 fully saturated rings. The number of halogens is 3. The lowest BCUT2D eigenvalue weighted by atomic mass is 9.96. The molecule has 3 rings (SSSR count). The molecule has 0 unspecified atom stereocenters. The molecular formula is C16H12F3N3O. The van der Waals surface area contributed by atoms with Crippen molar-refractivity contribution in [2.24, 2.45) is 0 Å². The Hall–Kier alpha value is -2.59. The molecule has 4 nitrogen and oxygen atoms in total. The van der Waals surface area contributed by atoms with Crippen LogP contribution in [0.1, 0.15) is 23.6 Å². The van der Waals surface area contributed by atoms with Crippen LogP contribution in [-0.2, 0) is 4.79 Å². The van der Waals surface area contributed by atoms with Crippen molar-refractivity contribution in [3.63, 3.8) is 0 Å². The Morgan fingerprint density at radius 2 is 2.04 bits per heavy atom. The highest BCUT2D eigenvalue weighted by atomic mass is 19.4. The van der Waals surface area contributed by atoms with E-state index in [-0.39, 0.29) is 24.1 Å². The van der Waals surface area contributed by atoms with Crippen LogP contribution in [0.3, 0.4) is 0 Å². The second-order valence-corrected chi connectivity index (χ2v) is 5.32. The lowest BCUT2D eigenvalue weighted by molar-refractivity contribution is -0.190. The summed E-state index contributed by atoms with van der Waals surface area (Å²) in [6.45, 7) is -0.0165. The Morgan fingerprint density at radius 1 is 1.26 bits per heavy atom. The summed E-state index contributed by atoms with van der Waals surface area (Å²) in [7, 11) is 0. The summed E-state index contributed by atoms with van der Waals surface area (Å²) in [5, 5.41) is 10.9. The molecule has 1 N–H and O–H groups in total. The van der Waals surface area contributed by atoms with Crippen LogP contribution in [0.5, 0.6) is 0 Å². The first kappa shape index (κ1) is 15.3. The molecule has 1 aliphatic heterocycles. The molecule has 1 atom stereocenters. The summed E-state index contributed by atoms with van der Waals surface area (Å²) in [5.74, 6) is -0.433. The molecule has 0 saturated carbocycles. The normalized spacial score (nSPS) is 17.0. The molecule has 1 aliphatic rings. The van der Waals surface area contributed by atoms with E-state index in [9.17, 15) is 18.0 Å². The van der Waals surface area contributed by atoms with Crippen LogP contribution in [0.15, 0.2) is 36.4 Å². The minimum Gasteiger partial charge on any atom is -0.288 e. The van der Waals surface area contributed by atoms with Crippen LogP contribution in [0.4, 0.5) is 13.2 Å². The fraction of sp³-hybridized carbons (Fsp3) is 0.250. The summed E-state index contributed by atoms with van der Waals surface area (Å²) in [4.78, 5) is 11.3. The smallest absolute Gasteiger partial charge is 0.288 e. The van der Waals surface area contributed by atoms with E-state index in [2.05, 4.69) is 5.43 Å². The molecule has 0 spiro atoms. The van der Waals surface area contributed by atoms with Gasteiger partial charge in [0.15, 0.2) is 6.04 Å². The number of carbonyl (C=O) groups is 1. The predicted octanol–water partition coefficient (Wildman–Crippen LogP) is 3.05. The van der Waals surface area contributed by atoms with E-state index in [0.717, 1.165) is 5.01 Å². The Bertz CT molecular complexity index is 810. The second-order valence-electron chi connectivity index (χ2n) is 5.32. The number of fused-ring (bicyclic) bond motifs is 1. The third kappa shape index (κ3) is 2.85. The van der Waals surface area contributed by atoms with Gasteiger partial charge in [0.1, 0.15) is 0 Å². The first-order valence-electron chi connectivity index (χ1n) is 6.96. The lowest BCUT2D eigenvalue weighted by Gasteiger charge is -2.30. The molecule has 0 aromatic heterocycles. The standard InChI is InChI=1S/C16H12F3N3O/c17-16(18,19)15(22-7-6-14(23)21-22)12-3-1-2-11-5-4-10(9-20)8-13(11)12/h1-5,8,15H,6-7H2,(H,21,23)/t15-/m0/s1. The maximum Gasteiger partial charge on any atom is 0.409 e. The molecule has 0 aliphatic carbocycles. The van der Waals surface area contributed by atoms with Gasteiger partial charge >= 0.3 is 6.18 Å². The number of alkyl halides is 3. The minimum absolute atomic E-state index is 0.0165. The van der Waals surface area contributed by atoms with Gasteiger partial charge in [-0.15, -0.1) is 0 Å². The van der Waals surface area contributed by atoms with Gasteiger partial charge in [0.2, 0.25) is 5.91 Å². The van der Waals surface area contributed by atoms with Crippen LogP contribution >= 0.6 is 0 Å².